The third kappa shape index (κ3) is 3.17. The van der Waals surface area contributed by atoms with E-state index in [9.17, 15) is 9.59 Å². The summed E-state index contributed by atoms with van der Waals surface area (Å²) >= 11 is 0. The van der Waals surface area contributed by atoms with Gasteiger partial charge in [-0.15, -0.1) is 0 Å². The van der Waals surface area contributed by atoms with Gasteiger partial charge in [-0.05, 0) is 37.1 Å². The molecule has 112 valence electrons. The Hall–Kier alpha value is -2.04. The molecule has 2 fully saturated rings. The molecule has 3 rings (SSSR count). The number of nitrogens with zero attached hydrogens (tertiary/aromatic N) is 1. The molecule has 21 heavy (non-hydrogen) atoms. The molecule has 2 aliphatic rings. The van der Waals surface area contributed by atoms with E-state index >= 15 is 0 Å². The van der Waals surface area contributed by atoms with Gasteiger partial charge in [0.1, 0.15) is 6.61 Å². The Morgan fingerprint density at radius 2 is 1.86 bits per heavy atom. The van der Waals surface area contributed by atoms with Crippen LogP contribution in [0.5, 0.6) is 0 Å². The number of nitrogens with one attached hydrogen (secondary N) is 1. The molecule has 1 saturated heterocycles. The second-order valence-electron chi connectivity index (χ2n) is 5.64. The van der Waals surface area contributed by atoms with Crippen LogP contribution >= 0.6 is 0 Å². The molecule has 0 bridgehead atoms. The summed E-state index contributed by atoms with van der Waals surface area (Å²) in [6.07, 6.45) is 5.20. The molecular weight excluding hydrogens is 268 g/mol. The quantitative estimate of drug-likeness (QED) is 0.929. The molecule has 0 spiro atoms. The van der Waals surface area contributed by atoms with Gasteiger partial charge in [0.05, 0.1) is 6.54 Å². The predicted molar refractivity (Wildman–Crippen MR) is 80.3 cm³/mol. The lowest BCUT2D eigenvalue weighted by atomic mass is 9.88. The number of carbonyl (C=O) groups is 2. The zero-order valence-corrected chi connectivity index (χ0v) is 12.0. The highest BCUT2D eigenvalue weighted by molar-refractivity contribution is 5.93. The molecule has 5 heteroatoms. The van der Waals surface area contributed by atoms with Gasteiger partial charge >= 0.3 is 6.09 Å². The number of hydrogen-bond acceptors (Lipinski definition) is 3. The molecule has 0 aromatic heterocycles. The summed E-state index contributed by atoms with van der Waals surface area (Å²) in [5, 5.41) is 2.97. The maximum absolute atomic E-state index is 12.2. The molecule has 1 N–H and O–H groups in total. The number of rotatable bonds is 3. The van der Waals surface area contributed by atoms with Crippen molar-refractivity contribution in [3.8, 4) is 0 Å². The summed E-state index contributed by atoms with van der Waals surface area (Å²) in [5.74, 6) is 0.259. The van der Waals surface area contributed by atoms with Gasteiger partial charge in [-0.2, -0.15) is 0 Å². The topological polar surface area (TPSA) is 58.6 Å². The van der Waals surface area contributed by atoms with Gasteiger partial charge in [0, 0.05) is 17.3 Å². The molecule has 1 saturated carbocycles. The second kappa shape index (κ2) is 6.16. The van der Waals surface area contributed by atoms with Crippen molar-refractivity contribution in [2.24, 2.45) is 5.92 Å². The largest absolute Gasteiger partial charge is 0.447 e. The minimum atomic E-state index is -0.311. The predicted octanol–water partition coefficient (Wildman–Crippen LogP) is 3.16. The number of amides is 2. The van der Waals surface area contributed by atoms with Crippen molar-refractivity contribution in [2.45, 2.75) is 32.1 Å². The van der Waals surface area contributed by atoms with Gasteiger partial charge in [-0.25, -0.2) is 4.79 Å². The van der Waals surface area contributed by atoms with E-state index in [1.807, 2.05) is 24.3 Å². The molecule has 0 radical (unpaired) electrons. The standard InChI is InChI=1S/C16H20N2O3/c19-15(12-4-2-1-3-5-12)17-13-6-8-14(9-7-13)18-10-11-21-16(18)20/h6-9,12H,1-5,10-11H2,(H,17,19). The van der Waals surface area contributed by atoms with Crippen LogP contribution in [-0.4, -0.2) is 25.2 Å². The first kappa shape index (κ1) is 13.9. The first-order chi connectivity index (χ1) is 10.2. The Morgan fingerprint density at radius 3 is 2.48 bits per heavy atom. The van der Waals surface area contributed by atoms with E-state index in [-0.39, 0.29) is 17.9 Å². The number of cyclic esters (lactones) is 1. The number of hydrogen-bond donors (Lipinski definition) is 1. The van der Waals surface area contributed by atoms with Crippen molar-refractivity contribution in [3.63, 3.8) is 0 Å². The van der Waals surface area contributed by atoms with Crippen molar-refractivity contribution in [1.82, 2.24) is 0 Å². The van der Waals surface area contributed by atoms with Crippen molar-refractivity contribution in [2.75, 3.05) is 23.4 Å². The van der Waals surface area contributed by atoms with Crippen LogP contribution in [0.3, 0.4) is 0 Å². The minimum absolute atomic E-state index is 0.114. The lowest BCUT2D eigenvalue weighted by Crippen LogP contribution is -2.25. The van der Waals surface area contributed by atoms with Gasteiger partial charge in [-0.1, -0.05) is 19.3 Å². The van der Waals surface area contributed by atoms with Gasteiger partial charge in [0.25, 0.3) is 0 Å². The van der Waals surface area contributed by atoms with Crippen molar-refractivity contribution < 1.29 is 14.3 Å². The zero-order chi connectivity index (χ0) is 14.7. The first-order valence-corrected chi connectivity index (χ1v) is 7.59. The van der Waals surface area contributed by atoms with Crippen molar-refractivity contribution in [3.05, 3.63) is 24.3 Å². The van der Waals surface area contributed by atoms with Crippen LogP contribution < -0.4 is 10.2 Å². The number of ether oxygens (including phenoxy) is 1. The van der Waals surface area contributed by atoms with E-state index in [0.717, 1.165) is 37.1 Å². The maximum Gasteiger partial charge on any atom is 0.414 e. The Morgan fingerprint density at radius 1 is 1.14 bits per heavy atom. The molecular formula is C16H20N2O3. The molecule has 1 aliphatic carbocycles. The number of anilines is 2. The van der Waals surface area contributed by atoms with Gasteiger partial charge in [0.15, 0.2) is 0 Å². The van der Waals surface area contributed by atoms with E-state index in [1.54, 1.807) is 4.90 Å². The minimum Gasteiger partial charge on any atom is -0.447 e. The third-order valence-corrected chi connectivity index (χ3v) is 4.18. The summed E-state index contributed by atoms with van der Waals surface area (Å²) in [7, 11) is 0. The summed E-state index contributed by atoms with van der Waals surface area (Å²) < 4.78 is 4.91. The van der Waals surface area contributed by atoms with Crippen LogP contribution in [-0.2, 0) is 9.53 Å². The fourth-order valence-corrected chi connectivity index (χ4v) is 2.96. The normalized spacial score (nSPS) is 19.4. The van der Waals surface area contributed by atoms with E-state index in [2.05, 4.69) is 5.32 Å². The van der Waals surface area contributed by atoms with E-state index in [1.165, 1.54) is 6.42 Å². The molecule has 1 aromatic carbocycles. The Bertz CT molecular complexity index is 521. The highest BCUT2D eigenvalue weighted by atomic mass is 16.6. The van der Waals surface area contributed by atoms with E-state index in [4.69, 9.17) is 4.74 Å². The Labute approximate surface area is 124 Å². The summed E-state index contributed by atoms with van der Waals surface area (Å²) in [4.78, 5) is 25.2. The lowest BCUT2D eigenvalue weighted by molar-refractivity contribution is -0.120. The highest BCUT2D eigenvalue weighted by Crippen LogP contribution is 2.26. The summed E-state index contributed by atoms with van der Waals surface area (Å²) in [6.45, 7) is 1.01. The Kier molecular flexibility index (Phi) is 4.08. The molecule has 1 aliphatic heterocycles. The molecule has 0 atom stereocenters. The SMILES string of the molecule is O=C(Nc1ccc(N2CCOC2=O)cc1)C1CCCCC1. The van der Waals surface area contributed by atoms with Gasteiger partial charge in [-0.3, -0.25) is 9.69 Å². The average Bonchev–Trinajstić information content (AvgIpc) is 2.95. The van der Waals surface area contributed by atoms with Crippen LogP contribution in [0.1, 0.15) is 32.1 Å². The van der Waals surface area contributed by atoms with Crippen LogP contribution in [0.4, 0.5) is 16.2 Å². The number of carbonyl (C=O) groups excluding carboxylic acids is 2. The third-order valence-electron chi connectivity index (χ3n) is 4.18. The molecule has 2 amide bonds. The molecule has 1 heterocycles. The first-order valence-electron chi connectivity index (χ1n) is 7.59. The van der Waals surface area contributed by atoms with Crippen molar-refractivity contribution >= 4 is 23.4 Å². The summed E-state index contributed by atoms with van der Waals surface area (Å²) in [5.41, 5.74) is 1.58. The second-order valence-corrected chi connectivity index (χ2v) is 5.64. The lowest BCUT2D eigenvalue weighted by Gasteiger charge is -2.21. The zero-order valence-electron chi connectivity index (χ0n) is 12.0. The summed E-state index contributed by atoms with van der Waals surface area (Å²) in [6, 6.07) is 7.34. The molecule has 1 aromatic rings. The van der Waals surface area contributed by atoms with Crippen LogP contribution in [0, 0.1) is 5.92 Å². The van der Waals surface area contributed by atoms with Crippen LogP contribution in [0.15, 0.2) is 24.3 Å². The fraction of sp³-hybridized carbons (Fsp3) is 0.500. The van der Waals surface area contributed by atoms with Crippen LogP contribution in [0.25, 0.3) is 0 Å². The molecule has 0 unspecified atom stereocenters. The highest BCUT2D eigenvalue weighted by Gasteiger charge is 2.24. The van der Waals surface area contributed by atoms with Gasteiger partial charge < -0.3 is 10.1 Å². The van der Waals surface area contributed by atoms with Crippen LogP contribution in [0.2, 0.25) is 0 Å². The Balaban J connectivity index is 1.61. The smallest absolute Gasteiger partial charge is 0.414 e. The fourth-order valence-electron chi connectivity index (χ4n) is 2.96. The number of benzene rings is 1. The van der Waals surface area contributed by atoms with Gasteiger partial charge in [0.2, 0.25) is 5.91 Å². The van der Waals surface area contributed by atoms with Crippen molar-refractivity contribution in [1.29, 1.82) is 0 Å². The maximum atomic E-state index is 12.2. The average molecular weight is 288 g/mol. The molecule has 5 nitrogen and oxygen atoms in total. The monoisotopic (exact) mass is 288 g/mol. The van der Waals surface area contributed by atoms with E-state index < -0.39 is 0 Å². The van der Waals surface area contributed by atoms with E-state index in [0.29, 0.717) is 13.2 Å².